The van der Waals surface area contributed by atoms with Crippen molar-refractivity contribution >= 4 is 27.5 Å². The van der Waals surface area contributed by atoms with E-state index in [0.29, 0.717) is 11.0 Å². The molecule has 4 nitrogen and oxygen atoms in total. The first-order valence-corrected chi connectivity index (χ1v) is 5.48. The second-order valence-corrected chi connectivity index (χ2v) is 3.90. The minimum atomic E-state index is -0.463. The standard InChI is InChI=1S/C10H12BrFN2O2/c1-2-14-9(15)5-16-10-7(11)3-6(12)4-8(10)13/h3-4H,2,5,13H2,1H3,(H,14,15). The fourth-order valence-electron chi connectivity index (χ4n) is 1.12. The normalized spacial score (nSPS) is 9.94. The zero-order valence-electron chi connectivity index (χ0n) is 8.72. The highest BCUT2D eigenvalue weighted by atomic mass is 79.9. The molecule has 0 radical (unpaired) electrons. The predicted octanol–water partition coefficient (Wildman–Crippen LogP) is 1.69. The Kier molecular flexibility index (Phi) is 4.54. The Morgan fingerprint density at radius 2 is 2.31 bits per heavy atom. The minimum absolute atomic E-state index is 0.149. The smallest absolute Gasteiger partial charge is 0.257 e. The van der Waals surface area contributed by atoms with E-state index in [2.05, 4.69) is 21.2 Å². The molecule has 0 saturated carbocycles. The number of rotatable bonds is 4. The maximum atomic E-state index is 12.9. The topological polar surface area (TPSA) is 64.3 Å². The number of ether oxygens (including phenoxy) is 1. The Morgan fingerprint density at radius 1 is 1.62 bits per heavy atom. The molecule has 0 aliphatic rings. The number of anilines is 1. The van der Waals surface area contributed by atoms with Gasteiger partial charge in [0.15, 0.2) is 12.4 Å². The van der Waals surface area contributed by atoms with Gasteiger partial charge in [0.2, 0.25) is 0 Å². The van der Waals surface area contributed by atoms with Crippen molar-refractivity contribution in [2.45, 2.75) is 6.92 Å². The second kappa shape index (κ2) is 5.69. The number of hydrogen-bond acceptors (Lipinski definition) is 3. The third kappa shape index (κ3) is 3.37. The van der Waals surface area contributed by atoms with E-state index in [4.69, 9.17) is 10.5 Å². The third-order valence-electron chi connectivity index (χ3n) is 1.76. The number of nitrogen functional groups attached to an aromatic ring is 1. The third-order valence-corrected chi connectivity index (χ3v) is 2.35. The number of nitrogens with two attached hydrogens (primary N) is 1. The molecule has 16 heavy (non-hydrogen) atoms. The van der Waals surface area contributed by atoms with Gasteiger partial charge in [-0.15, -0.1) is 0 Å². The Balaban J connectivity index is 2.70. The van der Waals surface area contributed by atoms with Crippen LogP contribution in [0.25, 0.3) is 0 Å². The molecule has 0 spiro atoms. The highest BCUT2D eigenvalue weighted by molar-refractivity contribution is 9.10. The van der Waals surface area contributed by atoms with Gasteiger partial charge >= 0.3 is 0 Å². The summed E-state index contributed by atoms with van der Waals surface area (Å²) in [7, 11) is 0. The maximum absolute atomic E-state index is 12.9. The molecule has 1 aromatic carbocycles. The summed E-state index contributed by atoms with van der Waals surface area (Å²) in [4.78, 5) is 11.1. The predicted molar refractivity (Wildman–Crippen MR) is 62.7 cm³/mol. The molecule has 1 amide bonds. The van der Waals surface area contributed by atoms with Crippen LogP contribution in [0.2, 0.25) is 0 Å². The van der Waals surface area contributed by atoms with E-state index < -0.39 is 5.82 Å². The highest BCUT2D eigenvalue weighted by Gasteiger charge is 2.10. The lowest BCUT2D eigenvalue weighted by molar-refractivity contribution is -0.122. The number of carbonyl (C=O) groups is 1. The van der Waals surface area contributed by atoms with Crippen LogP contribution in [0.1, 0.15) is 6.92 Å². The minimum Gasteiger partial charge on any atom is -0.480 e. The summed E-state index contributed by atoms with van der Waals surface area (Å²) in [5.41, 5.74) is 5.70. The van der Waals surface area contributed by atoms with E-state index in [1.165, 1.54) is 6.07 Å². The molecule has 1 aromatic rings. The Morgan fingerprint density at radius 3 is 2.88 bits per heavy atom. The molecular formula is C10H12BrFN2O2. The van der Waals surface area contributed by atoms with Crippen molar-refractivity contribution in [3.8, 4) is 5.75 Å². The van der Waals surface area contributed by atoms with Crippen LogP contribution in [-0.2, 0) is 4.79 Å². The Bertz CT molecular complexity index is 375. The van der Waals surface area contributed by atoms with Crippen LogP contribution in [0.15, 0.2) is 16.6 Å². The van der Waals surface area contributed by atoms with E-state index >= 15 is 0 Å². The number of likely N-dealkylation sites (N-methyl/N-ethyl adjacent to an activating group) is 1. The van der Waals surface area contributed by atoms with Crippen molar-refractivity contribution in [3.63, 3.8) is 0 Å². The highest BCUT2D eigenvalue weighted by Crippen LogP contribution is 2.32. The second-order valence-electron chi connectivity index (χ2n) is 3.05. The molecule has 88 valence electrons. The van der Waals surface area contributed by atoms with Crippen LogP contribution in [-0.4, -0.2) is 19.1 Å². The number of halogens is 2. The van der Waals surface area contributed by atoms with Gasteiger partial charge in [-0.2, -0.15) is 0 Å². The molecule has 0 aromatic heterocycles. The fourth-order valence-corrected chi connectivity index (χ4v) is 1.68. The largest absolute Gasteiger partial charge is 0.480 e. The van der Waals surface area contributed by atoms with Crippen LogP contribution < -0.4 is 15.8 Å². The zero-order chi connectivity index (χ0) is 12.1. The van der Waals surface area contributed by atoms with E-state index in [9.17, 15) is 9.18 Å². The number of carbonyl (C=O) groups excluding carboxylic acids is 1. The van der Waals surface area contributed by atoms with Gasteiger partial charge < -0.3 is 15.8 Å². The fraction of sp³-hybridized carbons (Fsp3) is 0.300. The SMILES string of the molecule is CCNC(=O)COc1c(N)cc(F)cc1Br. The van der Waals surface area contributed by atoms with Crippen LogP contribution in [0.5, 0.6) is 5.75 Å². The molecule has 1 rings (SSSR count). The summed E-state index contributed by atoms with van der Waals surface area (Å²) in [5.74, 6) is -0.444. The molecule has 0 bridgehead atoms. The van der Waals surface area contributed by atoms with E-state index in [1.54, 1.807) is 6.92 Å². The van der Waals surface area contributed by atoms with Gasteiger partial charge in [0.25, 0.3) is 5.91 Å². The van der Waals surface area contributed by atoms with Crippen LogP contribution >= 0.6 is 15.9 Å². The average molecular weight is 291 g/mol. The van der Waals surface area contributed by atoms with Crippen molar-refractivity contribution in [1.82, 2.24) is 5.32 Å². The molecule has 6 heteroatoms. The molecule has 0 atom stereocenters. The van der Waals surface area contributed by atoms with Crippen molar-refractivity contribution in [2.75, 3.05) is 18.9 Å². The molecule has 0 aliphatic heterocycles. The summed E-state index contributed by atoms with van der Waals surface area (Å²) in [5, 5.41) is 2.57. The number of amides is 1. The first-order valence-electron chi connectivity index (χ1n) is 4.68. The van der Waals surface area contributed by atoms with Crippen molar-refractivity contribution in [3.05, 3.63) is 22.4 Å². The summed E-state index contributed by atoms with van der Waals surface area (Å²) in [6.45, 7) is 2.19. The molecule has 0 fully saturated rings. The summed E-state index contributed by atoms with van der Waals surface area (Å²) >= 11 is 3.11. The first kappa shape index (κ1) is 12.8. The van der Waals surface area contributed by atoms with Crippen molar-refractivity contribution in [2.24, 2.45) is 0 Å². The summed E-state index contributed by atoms with van der Waals surface area (Å²) < 4.78 is 18.5. The van der Waals surface area contributed by atoms with E-state index in [0.717, 1.165) is 6.07 Å². The van der Waals surface area contributed by atoms with Gasteiger partial charge in [0, 0.05) is 12.6 Å². The van der Waals surface area contributed by atoms with Crippen molar-refractivity contribution in [1.29, 1.82) is 0 Å². The lowest BCUT2D eigenvalue weighted by Crippen LogP contribution is -2.28. The Hall–Kier alpha value is -1.30. The van der Waals surface area contributed by atoms with E-state index in [1.807, 2.05) is 0 Å². The van der Waals surface area contributed by atoms with Gasteiger partial charge in [-0.3, -0.25) is 4.79 Å². The molecular weight excluding hydrogens is 279 g/mol. The molecule has 3 N–H and O–H groups in total. The van der Waals surface area contributed by atoms with Gasteiger partial charge in [0.05, 0.1) is 10.2 Å². The number of hydrogen-bond donors (Lipinski definition) is 2. The maximum Gasteiger partial charge on any atom is 0.257 e. The lowest BCUT2D eigenvalue weighted by Gasteiger charge is -2.10. The average Bonchev–Trinajstić information content (AvgIpc) is 2.16. The lowest BCUT2D eigenvalue weighted by atomic mass is 10.3. The van der Waals surface area contributed by atoms with E-state index in [-0.39, 0.29) is 24.0 Å². The number of nitrogens with one attached hydrogen (secondary N) is 1. The number of benzene rings is 1. The van der Waals surface area contributed by atoms with Gasteiger partial charge in [-0.1, -0.05) is 0 Å². The van der Waals surface area contributed by atoms with Gasteiger partial charge in [0.1, 0.15) is 5.82 Å². The monoisotopic (exact) mass is 290 g/mol. The first-order chi connectivity index (χ1) is 7.54. The Labute approximate surface area is 101 Å². The molecule has 0 saturated heterocycles. The van der Waals surface area contributed by atoms with Crippen molar-refractivity contribution < 1.29 is 13.9 Å². The summed E-state index contributed by atoms with van der Waals surface area (Å²) in [6.07, 6.45) is 0. The quantitative estimate of drug-likeness (QED) is 0.830. The molecule has 0 aliphatic carbocycles. The van der Waals surface area contributed by atoms with Gasteiger partial charge in [-0.25, -0.2) is 4.39 Å². The zero-order valence-corrected chi connectivity index (χ0v) is 10.3. The van der Waals surface area contributed by atoms with Crippen LogP contribution in [0, 0.1) is 5.82 Å². The van der Waals surface area contributed by atoms with Gasteiger partial charge in [-0.05, 0) is 28.9 Å². The molecule has 0 heterocycles. The van der Waals surface area contributed by atoms with Crippen LogP contribution in [0.3, 0.4) is 0 Å². The molecule has 0 unspecified atom stereocenters. The summed E-state index contributed by atoms with van der Waals surface area (Å²) in [6, 6.07) is 2.36. The van der Waals surface area contributed by atoms with Crippen LogP contribution in [0.4, 0.5) is 10.1 Å².